The molecule has 5 nitrogen and oxygen atoms in total. The Morgan fingerprint density at radius 1 is 1.27 bits per heavy atom. The molecule has 1 heterocycles. The zero-order valence-corrected chi connectivity index (χ0v) is 9.40. The highest BCUT2D eigenvalue weighted by Crippen LogP contribution is 2.07. The molecule has 1 aliphatic rings. The van der Waals surface area contributed by atoms with Crippen LogP contribution in [0.1, 0.15) is 13.8 Å². The Morgan fingerprint density at radius 3 is 2.33 bits per heavy atom. The lowest BCUT2D eigenvalue weighted by molar-refractivity contribution is -0.156. The van der Waals surface area contributed by atoms with Crippen LogP contribution in [0.4, 0.5) is 0 Å². The first kappa shape index (κ1) is 12.0. The maximum Gasteiger partial charge on any atom is 0.312 e. The van der Waals surface area contributed by atoms with Gasteiger partial charge in [-0.15, -0.1) is 0 Å². The molecule has 86 valence electrons. The zero-order valence-electron chi connectivity index (χ0n) is 9.40. The highest BCUT2D eigenvalue weighted by molar-refractivity contribution is 6.35. The van der Waals surface area contributed by atoms with Crippen LogP contribution in [0.25, 0.3) is 0 Å². The van der Waals surface area contributed by atoms with Crippen LogP contribution in [0.5, 0.6) is 0 Å². The summed E-state index contributed by atoms with van der Waals surface area (Å²) in [6.45, 7) is 6.84. The van der Waals surface area contributed by atoms with E-state index in [0.717, 1.165) is 0 Å². The first-order valence-electron chi connectivity index (χ1n) is 5.38. The van der Waals surface area contributed by atoms with Crippen molar-refractivity contribution in [3.63, 3.8) is 0 Å². The van der Waals surface area contributed by atoms with Crippen molar-refractivity contribution >= 4 is 11.8 Å². The third-order valence-corrected chi connectivity index (χ3v) is 2.71. The van der Waals surface area contributed by atoms with Crippen molar-refractivity contribution < 1.29 is 9.59 Å². The van der Waals surface area contributed by atoms with Crippen molar-refractivity contribution in [2.24, 2.45) is 11.7 Å². The van der Waals surface area contributed by atoms with Gasteiger partial charge >= 0.3 is 11.8 Å². The van der Waals surface area contributed by atoms with Gasteiger partial charge in [-0.05, 0) is 19.4 Å². The normalized spacial score (nSPS) is 19.7. The summed E-state index contributed by atoms with van der Waals surface area (Å²) in [7, 11) is 0. The van der Waals surface area contributed by atoms with Crippen molar-refractivity contribution in [3.05, 3.63) is 0 Å². The molecule has 1 rings (SSSR count). The Bertz CT molecular complexity index is 255. The summed E-state index contributed by atoms with van der Waals surface area (Å²) in [5.41, 5.74) is 5.49. The van der Waals surface area contributed by atoms with Gasteiger partial charge in [0.25, 0.3) is 0 Å². The van der Waals surface area contributed by atoms with Crippen LogP contribution in [0.15, 0.2) is 0 Å². The molecule has 2 amide bonds. The standard InChI is InChI=1S/C10H19N3O2/c1-3-12-4-5-13(7-8(2)6-11)10(15)9(12)14/h8H,3-7,11H2,1-2H3. The summed E-state index contributed by atoms with van der Waals surface area (Å²) in [4.78, 5) is 26.4. The summed E-state index contributed by atoms with van der Waals surface area (Å²) < 4.78 is 0. The fourth-order valence-electron chi connectivity index (χ4n) is 1.64. The highest BCUT2D eigenvalue weighted by Gasteiger charge is 2.31. The third-order valence-electron chi connectivity index (χ3n) is 2.71. The van der Waals surface area contributed by atoms with Crippen molar-refractivity contribution in [1.29, 1.82) is 0 Å². The smallest absolute Gasteiger partial charge is 0.312 e. The lowest BCUT2D eigenvalue weighted by atomic mass is 10.1. The SMILES string of the molecule is CCN1CCN(CC(C)CN)C(=O)C1=O. The van der Waals surface area contributed by atoms with Gasteiger partial charge in [0.1, 0.15) is 0 Å². The monoisotopic (exact) mass is 213 g/mol. The molecular formula is C10H19N3O2. The number of carbonyl (C=O) groups is 2. The lowest BCUT2D eigenvalue weighted by Crippen LogP contribution is -2.55. The van der Waals surface area contributed by atoms with Gasteiger partial charge in [-0.2, -0.15) is 0 Å². The summed E-state index contributed by atoms with van der Waals surface area (Å²) >= 11 is 0. The van der Waals surface area contributed by atoms with Gasteiger partial charge in [-0.25, -0.2) is 0 Å². The minimum absolute atomic E-state index is 0.245. The number of hydrogen-bond acceptors (Lipinski definition) is 3. The van der Waals surface area contributed by atoms with E-state index in [1.807, 2.05) is 13.8 Å². The van der Waals surface area contributed by atoms with Crippen LogP contribution in [0.2, 0.25) is 0 Å². The highest BCUT2D eigenvalue weighted by atomic mass is 16.2. The van der Waals surface area contributed by atoms with Gasteiger partial charge in [0.2, 0.25) is 0 Å². The average Bonchev–Trinajstić information content (AvgIpc) is 2.25. The quantitative estimate of drug-likeness (QED) is 0.626. The van der Waals surface area contributed by atoms with Crippen molar-refractivity contribution in [3.8, 4) is 0 Å². The largest absolute Gasteiger partial charge is 0.333 e. The molecule has 0 aliphatic carbocycles. The van der Waals surface area contributed by atoms with E-state index in [0.29, 0.717) is 32.7 Å². The maximum atomic E-state index is 11.6. The molecule has 0 aromatic carbocycles. The second kappa shape index (κ2) is 5.11. The van der Waals surface area contributed by atoms with E-state index < -0.39 is 0 Å². The van der Waals surface area contributed by atoms with Crippen LogP contribution >= 0.6 is 0 Å². The lowest BCUT2D eigenvalue weighted by Gasteiger charge is -2.34. The Hall–Kier alpha value is -1.10. The predicted molar refractivity (Wildman–Crippen MR) is 57.1 cm³/mol. The molecule has 15 heavy (non-hydrogen) atoms. The molecule has 0 radical (unpaired) electrons. The van der Waals surface area contributed by atoms with E-state index in [-0.39, 0.29) is 17.7 Å². The Labute approximate surface area is 90.2 Å². The molecule has 1 saturated heterocycles. The number of carbonyl (C=O) groups excluding carboxylic acids is 2. The summed E-state index contributed by atoms with van der Waals surface area (Å²) in [6.07, 6.45) is 0. The number of rotatable bonds is 4. The van der Waals surface area contributed by atoms with Gasteiger partial charge in [0, 0.05) is 26.2 Å². The van der Waals surface area contributed by atoms with Crippen LogP contribution < -0.4 is 5.73 Å². The van der Waals surface area contributed by atoms with Crippen molar-refractivity contribution in [2.45, 2.75) is 13.8 Å². The molecule has 5 heteroatoms. The number of nitrogens with zero attached hydrogens (tertiary/aromatic N) is 2. The van der Waals surface area contributed by atoms with Crippen molar-refractivity contribution in [1.82, 2.24) is 9.80 Å². The van der Waals surface area contributed by atoms with E-state index in [4.69, 9.17) is 5.73 Å². The molecule has 1 unspecified atom stereocenters. The number of likely N-dealkylation sites (N-methyl/N-ethyl adjacent to an activating group) is 1. The Kier molecular flexibility index (Phi) is 4.08. The second-order valence-electron chi connectivity index (χ2n) is 3.98. The summed E-state index contributed by atoms with van der Waals surface area (Å²) in [6, 6.07) is 0. The van der Waals surface area contributed by atoms with Crippen LogP contribution in [-0.2, 0) is 9.59 Å². The van der Waals surface area contributed by atoms with Gasteiger partial charge < -0.3 is 15.5 Å². The van der Waals surface area contributed by atoms with E-state index in [9.17, 15) is 9.59 Å². The minimum Gasteiger partial charge on any atom is -0.333 e. The number of nitrogens with two attached hydrogens (primary N) is 1. The molecule has 0 saturated carbocycles. The number of amides is 2. The van der Waals surface area contributed by atoms with E-state index in [2.05, 4.69) is 0 Å². The van der Waals surface area contributed by atoms with Gasteiger partial charge in [0.05, 0.1) is 0 Å². The molecule has 1 aliphatic heterocycles. The maximum absolute atomic E-state index is 11.6. The average molecular weight is 213 g/mol. The number of hydrogen-bond donors (Lipinski definition) is 1. The van der Waals surface area contributed by atoms with Gasteiger partial charge in [-0.1, -0.05) is 6.92 Å². The molecule has 0 spiro atoms. The van der Waals surface area contributed by atoms with E-state index in [1.54, 1.807) is 9.80 Å². The van der Waals surface area contributed by atoms with Gasteiger partial charge in [0.15, 0.2) is 0 Å². The molecular weight excluding hydrogens is 194 g/mol. The molecule has 0 bridgehead atoms. The van der Waals surface area contributed by atoms with Crippen LogP contribution in [0.3, 0.4) is 0 Å². The van der Waals surface area contributed by atoms with Gasteiger partial charge in [-0.3, -0.25) is 9.59 Å². The fourth-order valence-corrected chi connectivity index (χ4v) is 1.64. The summed E-state index contributed by atoms with van der Waals surface area (Å²) in [5.74, 6) is -0.522. The minimum atomic E-state index is -0.386. The van der Waals surface area contributed by atoms with E-state index >= 15 is 0 Å². The summed E-state index contributed by atoms with van der Waals surface area (Å²) in [5, 5.41) is 0. The molecule has 0 aromatic heterocycles. The molecule has 0 aromatic rings. The first-order chi connectivity index (χ1) is 7.10. The van der Waals surface area contributed by atoms with Crippen molar-refractivity contribution in [2.75, 3.05) is 32.7 Å². The second-order valence-corrected chi connectivity index (χ2v) is 3.98. The number of piperazine rings is 1. The Morgan fingerprint density at radius 2 is 1.80 bits per heavy atom. The van der Waals surface area contributed by atoms with Crippen LogP contribution in [0, 0.1) is 5.92 Å². The zero-order chi connectivity index (χ0) is 11.4. The topological polar surface area (TPSA) is 66.6 Å². The fraction of sp³-hybridized carbons (Fsp3) is 0.800. The third kappa shape index (κ3) is 2.68. The molecule has 2 N–H and O–H groups in total. The van der Waals surface area contributed by atoms with E-state index in [1.165, 1.54) is 0 Å². The predicted octanol–water partition coefficient (Wildman–Crippen LogP) is -0.728. The Balaban J connectivity index is 2.57. The first-order valence-corrected chi connectivity index (χ1v) is 5.38. The molecule has 1 fully saturated rings. The van der Waals surface area contributed by atoms with Crippen LogP contribution in [-0.4, -0.2) is 54.3 Å². The molecule has 1 atom stereocenters.